The third-order valence-corrected chi connectivity index (χ3v) is 10.1. The fourth-order valence-electron chi connectivity index (χ4n) is 8.13. The lowest BCUT2D eigenvalue weighted by molar-refractivity contribution is 0.0510. The zero-order valence-corrected chi connectivity index (χ0v) is 26.3. The van der Waals surface area contributed by atoms with Gasteiger partial charge in [0.25, 0.3) is 23.6 Å². The second kappa shape index (κ2) is 10.4. The monoisotopic (exact) mass is 597 g/mol. The Hall–Kier alpha value is -4.83. The molecule has 0 unspecified atom stereocenters. The van der Waals surface area contributed by atoms with Crippen LogP contribution < -0.4 is 0 Å². The summed E-state index contributed by atoms with van der Waals surface area (Å²) in [6.07, 6.45) is 4.49. The Kier molecular flexibility index (Phi) is 6.67. The maximum Gasteiger partial charge on any atom is 0.261 e. The molecule has 0 N–H and O–H groups in total. The molecule has 0 aliphatic carbocycles. The number of aryl methyl sites for hydroxylation is 1. The molecule has 0 spiro atoms. The van der Waals surface area contributed by atoms with Gasteiger partial charge in [-0.1, -0.05) is 52.7 Å². The summed E-state index contributed by atoms with van der Waals surface area (Å²) in [7, 11) is 0. The Labute approximate surface area is 261 Å². The van der Waals surface area contributed by atoms with Crippen molar-refractivity contribution in [1.82, 2.24) is 9.80 Å². The van der Waals surface area contributed by atoms with E-state index in [2.05, 4.69) is 11.8 Å². The highest BCUT2D eigenvalue weighted by Crippen LogP contribution is 2.50. The summed E-state index contributed by atoms with van der Waals surface area (Å²) >= 11 is 0. The van der Waals surface area contributed by atoms with Gasteiger partial charge in [0.05, 0.1) is 6.57 Å². The third-order valence-electron chi connectivity index (χ3n) is 10.1. The summed E-state index contributed by atoms with van der Waals surface area (Å²) in [5.41, 5.74) is 3.00. The molecule has 7 heteroatoms. The number of nitrogens with zero attached hydrogens (tertiary/aromatic N) is 3. The molecule has 0 radical (unpaired) electrons. The van der Waals surface area contributed by atoms with E-state index < -0.39 is 0 Å². The van der Waals surface area contributed by atoms with E-state index in [1.807, 2.05) is 45.9 Å². The molecule has 226 valence electrons. The molecule has 5 aromatic rings. The molecule has 0 saturated carbocycles. The summed E-state index contributed by atoms with van der Waals surface area (Å²) in [6.45, 7) is 18.3. The van der Waals surface area contributed by atoms with Crippen LogP contribution in [0.3, 0.4) is 0 Å². The van der Waals surface area contributed by atoms with Crippen LogP contribution in [-0.2, 0) is 0 Å². The smallest absolute Gasteiger partial charge is 0.261 e. The van der Waals surface area contributed by atoms with Crippen molar-refractivity contribution in [2.75, 3.05) is 0 Å². The van der Waals surface area contributed by atoms with Crippen molar-refractivity contribution in [1.29, 1.82) is 0 Å². The molecule has 5 aromatic carbocycles. The van der Waals surface area contributed by atoms with Crippen molar-refractivity contribution in [2.45, 2.75) is 85.2 Å². The SMILES string of the molecule is [C-]#[N+]c1cc2c3c(ccc4c5c(C)cc6c7c(ccc(c1c34)c75)C(=O)N([C@@H](CC)CCC)C6=O)C(=O)N([C@@H](CC)CCC)C2=O. The normalized spacial score (nSPS) is 16.1. The second-order valence-electron chi connectivity index (χ2n) is 12.5. The van der Waals surface area contributed by atoms with Crippen LogP contribution in [0.25, 0.3) is 47.9 Å². The highest BCUT2D eigenvalue weighted by Gasteiger charge is 2.40. The third kappa shape index (κ3) is 3.69. The summed E-state index contributed by atoms with van der Waals surface area (Å²) in [5, 5.41) is 5.74. The van der Waals surface area contributed by atoms with Crippen LogP contribution in [0, 0.1) is 13.5 Å². The second-order valence-corrected chi connectivity index (χ2v) is 12.5. The standard InChI is InChI=1S/C38H35N3O4/c1-7-11-20(9-3)40-35(42)24-16-14-23-32-28(39-6)18-27-31-25(36(43)41(38(27)45)21(10-4)12-8-2)15-13-22(34(31)32)29-19(5)17-26(37(40)44)30(24)33(23)29/h13-18,20-21H,7-12H2,1-5H3/t20-,21-/m0/s1. The quantitative estimate of drug-likeness (QED) is 0.0774. The molecule has 0 aromatic heterocycles. The van der Waals surface area contributed by atoms with Gasteiger partial charge in [-0.3, -0.25) is 29.0 Å². The number of amides is 4. The van der Waals surface area contributed by atoms with E-state index in [4.69, 9.17) is 6.57 Å². The number of rotatable bonds is 8. The van der Waals surface area contributed by atoms with Gasteiger partial charge < -0.3 is 0 Å². The van der Waals surface area contributed by atoms with Crippen LogP contribution in [0.2, 0.25) is 0 Å². The predicted molar refractivity (Wildman–Crippen MR) is 178 cm³/mol. The summed E-state index contributed by atoms with van der Waals surface area (Å²) in [5.74, 6) is -1.23. The zero-order valence-electron chi connectivity index (χ0n) is 26.3. The van der Waals surface area contributed by atoms with Gasteiger partial charge in [-0.25, -0.2) is 4.85 Å². The van der Waals surface area contributed by atoms with Crippen LogP contribution in [0.5, 0.6) is 0 Å². The number of fused-ring (bicyclic) bond motifs is 2. The van der Waals surface area contributed by atoms with Gasteiger partial charge in [0, 0.05) is 45.1 Å². The van der Waals surface area contributed by atoms with Gasteiger partial charge >= 0.3 is 0 Å². The van der Waals surface area contributed by atoms with Crippen molar-refractivity contribution in [3.05, 3.63) is 75.6 Å². The first-order chi connectivity index (χ1) is 21.7. The first-order valence-electron chi connectivity index (χ1n) is 16.1. The van der Waals surface area contributed by atoms with Gasteiger partial charge in [0.2, 0.25) is 0 Å². The molecule has 45 heavy (non-hydrogen) atoms. The average Bonchev–Trinajstić information content (AvgIpc) is 3.04. The number of imide groups is 2. The molecule has 4 amide bonds. The van der Waals surface area contributed by atoms with Crippen molar-refractivity contribution in [3.63, 3.8) is 0 Å². The predicted octanol–water partition coefficient (Wildman–Crippen LogP) is 8.95. The first-order valence-corrected chi connectivity index (χ1v) is 16.1. The van der Waals surface area contributed by atoms with Crippen LogP contribution in [0.1, 0.15) is 113 Å². The van der Waals surface area contributed by atoms with E-state index in [9.17, 15) is 19.2 Å². The van der Waals surface area contributed by atoms with Gasteiger partial charge in [-0.15, -0.1) is 0 Å². The van der Waals surface area contributed by atoms with Gasteiger partial charge in [0.15, 0.2) is 5.69 Å². The van der Waals surface area contributed by atoms with E-state index >= 15 is 0 Å². The van der Waals surface area contributed by atoms with Crippen molar-refractivity contribution < 1.29 is 19.2 Å². The Bertz CT molecular complexity index is 2190. The minimum absolute atomic E-state index is 0.185. The number of carbonyl (C=O) groups is 4. The highest BCUT2D eigenvalue weighted by atomic mass is 16.2. The highest BCUT2D eigenvalue weighted by molar-refractivity contribution is 6.43. The molecule has 2 atom stereocenters. The Morgan fingerprint density at radius 1 is 0.600 bits per heavy atom. The van der Waals surface area contributed by atoms with E-state index in [0.717, 1.165) is 46.4 Å². The Morgan fingerprint density at radius 3 is 1.51 bits per heavy atom. The number of carbonyl (C=O) groups excluding carboxylic acids is 4. The fraction of sp³-hybridized carbons (Fsp3) is 0.342. The lowest BCUT2D eigenvalue weighted by atomic mass is 9.80. The molecule has 7 nitrogen and oxygen atoms in total. The topological polar surface area (TPSA) is 79.1 Å². The van der Waals surface area contributed by atoms with E-state index in [1.165, 1.54) is 9.80 Å². The number of hydrogen-bond donors (Lipinski definition) is 0. The minimum Gasteiger partial charge on any atom is -0.271 e. The lowest BCUT2D eigenvalue weighted by Gasteiger charge is -2.35. The van der Waals surface area contributed by atoms with Crippen molar-refractivity contribution >= 4 is 72.4 Å². The molecule has 2 heterocycles. The fourth-order valence-corrected chi connectivity index (χ4v) is 8.13. The molecule has 0 bridgehead atoms. The summed E-state index contributed by atoms with van der Waals surface area (Å²) in [4.78, 5) is 62.9. The Morgan fingerprint density at radius 2 is 1.04 bits per heavy atom. The van der Waals surface area contributed by atoms with Gasteiger partial charge in [-0.2, -0.15) is 0 Å². The van der Waals surface area contributed by atoms with Crippen LogP contribution >= 0.6 is 0 Å². The lowest BCUT2D eigenvalue weighted by Crippen LogP contribution is -2.47. The van der Waals surface area contributed by atoms with E-state index in [-0.39, 0.29) is 35.7 Å². The summed E-state index contributed by atoms with van der Waals surface area (Å²) in [6, 6.07) is 10.5. The number of benzene rings is 5. The van der Waals surface area contributed by atoms with Crippen LogP contribution in [0.15, 0.2) is 36.4 Å². The summed E-state index contributed by atoms with van der Waals surface area (Å²) < 4.78 is 0. The molecule has 0 fully saturated rings. The maximum atomic E-state index is 14.1. The van der Waals surface area contributed by atoms with E-state index in [1.54, 1.807) is 18.2 Å². The molecule has 7 rings (SSSR count). The van der Waals surface area contributed by atoms with Gasteiger partial charge in [-0.05, 0) is 94.8 Å². The van der Waals surface area contributed by atoms with Crippen molar-refractivity contribution in [3.8, 4) is 0 Å². The molecular formula is C38H35N3O4. The maximum absolute atomic E-state index is 14.1. The van der Waals surface area contributed by atoms with Crippen LogP contribution in [-0.4, -0.2) is 45.5 Å². The molecule has 2 aliphatic rings. The van der Waals surface area contributed by atoms with E-state index in [0.29, 0.717) is 68.7 Å². The van der Waals surface area contributed by atoms with Crippen molar-refractivity contribution in [2.24, 2.45) is 0 Å². The Balaban J connectivity index is 1.60. The van der Waals surface area contributed by atoms with Crippen LogP contribution in [0.4, 0.5) is 5.69 Å². The first kappa shape index (κ1) is 28.9. The minimum atomic E-state index is -0.358. The van der Waals surface area contributed by atoms with Gasteiger partial charge in [0.1, 0.15) is 0 Å². The average molecular weight is 598 g/mol. The zero-order chi connectivity index (χ0) is 31.9. The molecule has 2 aliphatic heterocycles. The molecular weight excluding hydrogens is 562 g/mol. The molecule has 0 saturated heterocycles. The largest absolute Gasteiger partial charge is 0.271 e. The number of hydrogen-bond acceptors (Lipinski definition) is 4.